The SMILES string of the molecule is CCN1CCC[C@H]1[C@H]1CCCN1C(=O)C1CCC1. The standard InChI is InChI=1S/C15H26N2O/c1-2-16-10-4-8-13(16)14-9-5-11-17(14)15(18)12-6-3-7-12/h12-14H,2-11H2,1H3/t13-,14+/m0/s1. The third-order valence-corrected chi connectivity index (χ3v) is 5.30. The highest BCUT2D eigenvalue weighted by molar-refractivity contribution is 5.80. The molecule has 0 unspecified atom stereocenters. The minimum Gasteiger partial charge on any atom is -0.338 e. The molecule has 2 heterocycles. The molecule has 0 N–H and O–H groups in total. The van der Waals surface area contributed by atoms with Crippen LogP contribution in [-0.2, 0) is 4.79 Å². The van der Waals surface area contributed by atoms with Crippen molar-refractivity contribution in [2.45, 2.75) is 64.0 Å². The third-order valence-electron chi connectivity index (χ3n) is 5.30. The van der Waals surface area contributed by atoms with E-state index in [4.69, 9.17) is 0 Å². The summed E-state index contributed by atoms with van der Waals surface area (Å²) in [7, 11) is 0. The van der Waals surface area contributed by atoms with E-state index in [1.165, 1.54) is 38.6 Å². The number of amides is 1. The summed E-state index contributed by atoms with van der Waals surface area (Å²) in [5.41, 5.74) is 0. The van der Waals surface area contributed by atoms with Crippen LogP contribution in [0.15, 0.2) is 0 Å². The van der Waals surface area contributed by atoms with Crippen LogP contribution in [0.5, 0.6) is 0 Å². The number of likely N-dealkylation sites (tertiary alicyclic amines) is 2. The van der Waals surface area contributed by atoms with Crippen molar-refractivity contribution in [3.05, 3.63) is 0 Å². The van der Waals surface area contributed by atoms with Gasteiger partial charge in [-0.1, -0.05) is 13.3 Å². The van der Waals surface area contributed by atoms with E-state index >= 15 is 0 Å². The zero-order valence-electron chi connectivity index (χ0n) is 11.6. The second-order valence-corrected chi connectivity index (χ2v) is 6.21. The molecule has 2 atom stereocenters. The van der Waals surface area contributed by atoms with Gasteiger partial charge in [0.2, 0.25) is 5.91 Å². The van der Waals surface area contributed by atoms with Gasteiger partial charge in [-0.25, -0.2) is 0 Å². The first-order valence-corrected chi connectivity index (χ1v) is 7.85. The van der Waals surface area contributed by atoms with Crippen LogP contribution in [0.1, 0.15) is 51.9 Å². The quantitative estimate of drug-likeness (QED) is 0.767. The number of rotatable bonds is 3. The second kappa shape index (κ2) is 5.20. The molecule has 3 rings (SSSR count). The Bertz CT molecular complexity index is 314. The van der Waals surface area contributed by atoms with E-state index in [2.05, 4.69) is 16.7 Å². The smallest absolute Gasteiger partial charge is 0.225 e. The van der Waals surface area contributed by atoms with Gasteiger partial charge in [0.15, 0.2) is 0 Å². The molecule has 18 heavy (non-hydrogen) atoms. The number of hydrogen-bond donors (Lipinski definition) is 0. The van der Waals surface area contributed by atoms with Crippen LogP contribution in [-0.4, -0.2) is 47.4 Å². The molecule has 0 spiro atoms. The maximum atomic E-state index is 12.5. The van der Waals surface area contributed by atoms with Gasteiger partial charge in [-0.05, 0) is 51.6 Å². The summed E-state index contributed by atoms with van der Waals surface area (Å²) in [5.74, 6) is 0.855. The van der Waals surface area contributed by atoms with Crippen LogP contribution in [0, 0.1) is 5.92 Å². The topological polar surface area (TPSA) is 23.6 Å². The molecular formula is C15H26N2O. The number of likely N-dealkylation sites (N-methyl/N-ethyl adjacent to an activating group) is 1. The van der Waals surface area contributed by atoms with Gasteiger partial charge in [0.1, 0.15) is 0 Å². The van der Waals surface area contributed by atoms with E-state index in [1.54, 1.807) is 0 Å². The largest absolute Gasteiger partial charge is 0.338 e. The highest BCUT2D eigenvalue weighted by atomic mass is 16.2. The normalized spacial score (nSPS) is 33.9. The molecule has 3 heteroatoms. The van der Waals surface area contributed by atoms with Crippen molar-refractivity contribution < 1.29 is 4.79 Å². The Morgan fingerprint density at radius 2 is 1.72 bits per heavy atom. The third kappa shape index (κ3) is 2.07. The molecule has 0 aromatic carbocycles. The Labute approximate surface area is 111 Å². The molecule has 1 saturated carbocycles. The zero-order valence-corrected chi connectivity index (χ0v) is 11.6. The summed E-state index contributed by atoms with van der Waals surface area (Å²) in [4.78, 5) is 17.3. The highest BCUT2D eigenvalue weighted by Crippen LogP contribution is 2.34. The van der Waals surface area contributed by atoms with E-state index < -0.39 is 0 Å². The fourth-order valence-electron chi connectivity index (χ4n) is 4.04. The molecule has 102 valence electrons. The minimum atomic E-state index is 0.377. The predicted octanol–water partition coefficient (Wildman–Crippen LogP) is 2.26. The van der Waals surface area contributed by atoms with Gasteiger partial charge in [0.25, 0.3) is 0 Å². The van der Waals surface area contributed by atoms with Crippen LogP contribution in [0.2, 0.25) is 0 Å². The number of carbonyl (C=O) groups is 1. The Morgan fingerprint density at radius 3 is 2.39 bits per heavy atom. The average molecular weight is 250 g/mol. The van der Waals surface area contributed by atoms with Crippen molar-refractivity contribution in [1.82, 2.24) is 9.80 Å². The predicted molar refractivity (Wildman–Crippen MR) is 72.3 cm³/mol. The van der Waals surface area contributed by atoms with Crippen molar-refractivity contribution in [3.63, 3.8) is 0 Å². The number of carbonyl (C=O) groups excluding carboxylic acids is 1. The molecule has 0 bridgehead atoms. The Hall–Kier alpha value is -0.570. The number of nitrogens with zero attached hydrogens (tertiary/aromatic N) is 2. The molecule has 1 amide bonds. The van der Waals surface area contributed by atoms with E-state index in [-0.39, 0.29) is 0 Å². The average Bonchev–Trinajstić information content (AvgIpc) is 2.94. The molecule has 0 aromatic rings. The maximum Gasteiger partial charge on any atom is 0.225 e. The Balaban J connectivity index is 1.68. The monoisotopic (exact) mass is 250 g/mol. The fraction of sp³-hybridized carbons (Fsp3) is 0.933. The molecule has 3 fully saturated rings. The first-order chi connectivity index (χ1) is 8.81. The first kappa shape index (κ1) is 12.5. The van der Waals surface area contributed by atoms with Crippen molar-refractivity contribution in [1.29, 1.82) is 0 Å². The van der Waals surface area contributed by atoms with Crippen LogP contribution in [0.3, 0.4) is 0 Å². The lowest BCUT2D eigenvalue weighted by Gasteiger charge is -2.38. The van der Waals surface area contributed by atoms with E-state index in [1.807, 2.05) is 0 Å². The lowest BCUT2D eigenvalue weighted by Crippen LogP contribution is -2.50. The van der Waals surface area contributed by atoms with Gasteiger partial charge in [-0.3, -0.25) is 9.69 Å². The minimum absolute atomic E-state index is 0.377. The summed E-state index contributed by atoms with van der Waals surface area (Å²) in [6.07, 6.45) is 8.62. The van der Waals surface area contributed by atoms with E-state index in [0.29, 0.717) is 23.9 Å². The summed E-state index contributed by atoms with van der Waals surface area (Å²) in [6, 6.07) is 1.18. The van der Waals surface area contributed by atoms with Crippen molar-refractivity contribution in [2.24, 2.45) is 5.92 Å². The number of hydrogen-bond acceptors (Lipinski definition) is 2. The second-order valence-electron chi connectivity index (χ2n) is 6.21. The fourth-order valence-corrected chi connectivity index (χ4v) is 4.04. The van der Waals surface area contributed by atoms with Gasteiger partial charge in [0.05, 0.1) is 0 Å². The van der Waals surface area contributed by atoms with E-state index in [9.17, 15) is 4.79 Å². The lowest BCUT2D eigenvalue weighted by atomic mass is 9.84. The Morgan fingerprint density at radius 1 is 1.00 bits per heavy atom. The molecule has 2 aliphatic heterocycles. The van der Waals surface area contributed by atoms with Crippen LogP contribution in [0.25, 0.3) is 0 Å². The molecule has 1 aliphatic carbocycles. The molecule has 3 nitrogen and oxygen atoms in total. The van der Waals surface area contributed by atoms with Gasteiger partial charge < -0.3 is 4.90 Å². The molecule has 0 aromatic heterocycles. The highest BCUT2D eigenvalue weighted by Gasteiger charge is 2.41. The van der Waals surface area contributed by atoms with Gasteiger partial charge >= 0.3 is 0 Å². The molecule has 3 aliphatic rings. The van der Waals surface area contributed by atoms with Crippen LogP contribution >= 0.6 is 0 Å². The van der Waals surface area contributed by atoms with Crippen molar-refractivity contribution in [3.8, 4) is 0 Å². The van der Waals surface area contributed by atoms with E-state index in [0.717, 1.165) is 25.9 Å². The Kier molecular flexibility index (Phi) is 3.60. The zero-order chi connectivity index (χ0) is 12.5. The van der Waals surface area contributed by atoms with Crippen LogP contribution in [0.4, 0.5) is 0 Å². The van der Waals surface area contributed by atoms with Gasteiger partial charge in [-0.2, -0.15) is 0 Å². The van der Waals surface area contributed by atoms with Gasteiger partial charge in [-0.15, -0.1) is 0 Å². The summed E-state index contributed by atoms with van der Waals surface area (Å²) >= 11 is 0. The lowest BCUT2D eigenvalue weighted by molar-refractivity contribution is -0.140. The van der Waals surface area contributed by atoms with Crippen molar-refractivity contribution >= 4 is 5.91 Å². The first-order valence-electron chi connectivity index (χ1n) is 7.85. The molecular weight excluding hydrogens is 224 g/mol. The maximum absolute atomic E-state index is 12.5. The summed E-state index contributed by atoms with van der Waals surface area (Å²) in [5, 5.41) is 0. The van der Waals surface area contributed by atoms with Gasteiger partial charge in [0, 0.05) is 24.5 Å². The summed E-state index contributed by atoms with van der Waals surface area (Å²) in [6.45, 7) is 5.66. The van der Waals surface area contributed by atoms with Crippen LogP contribution < -0.4 is 0 Å². The summed E-state index contributed by atoms with van der Waals surface area (Å²) < 4.78 is 0. The molecule has 0 radical (unpaired) electrons. The van der Waals surface area contributed by atoms with Crippen molar-refractivity contribution in [2.75, 3.05) is 19.6 Å². The molecule has 2 saturated heterocycles.